The van der Waals surface area contributed by atoms with Gasteiger partial charge in [-0.05, 0) is 19.9 Å². The van der Waals surface area contributed by atoms with Gasteiger partial charge in [0.2, 0.25) is 0 Å². The Kier molecular flexibility index (Phi) is 3.43. The van der Waals surface area contributed by atoms with Crippen molar-refractivity contribution in [3.05, 3.63) is 24.7 Å². The first-order chi connectivity index (χ1) is 7.74. The summed E-state index contributed by atoms with van der Waals surface area (Å²) in [6.45, 7) is 5.28. The molecule has 0 aliphatic carbocycles. The number of aromatic nitrogens is 3. The van der Waals surface area contributed by atoms with Crippen molar-refractivity contribution in [1.82, 2.24) is 14.6 Å². The van der Waals surface area contributed by atoms with Gasteiger partial charge in [0, 0.05) is 30.3 Å². The molecule has 4 nitrogen and oxygen atoms in total. The predicted octanol–water partition coefficient (Wildman–Crippen LogP) is 2.34. The van der Waals surface area contributed by atoms with Crippen LogP contribution in [0.5, 0.6) is 0 Å². The predicted molar refractivity (Wildman–Crippen MR) is 69.3 cm³/mol. The summed E-state index contributed by atoms with van der Waals surface area (Å²) in [7, 11) is 0. The van der Waals surface area contributed by atoms with E-state index in [2.05, 4.69) is 44.8 Å². The summed E-state index contributed by atoms with van der Waals surface area (Å²) in [6.07, 6.45) is 5.46. The summed E-state index contributed by atoms with van der Waals surface area (Å²) in [5, 5.41) is 5.15. The Balaban J connectivity index is 2.47. The molecule has 0 saturated heterocycles. The molecular formula is C11H15BrN4. The summed E-state index contributed by atoms with van der Waals surface area (Å²) >= 11 is 3.48. The van der Waals surface area contributed by atoms with Crippen LogP contribution < -0.4 is 4.90 Å². The summed E-state index contributed by atoms with van der Waals surface area (Å²) in [5.41, 5.74) is 1.05. The zero-order chi connectivity index (χ0) is 11.5. The molecule has 0 unspecified atom stereocenters. The fraction of sp³-hybridized carbons (Fsp3) is 0.455. The minimum Gasteiger partial charge on any atom is -0.352 e. The molecule has 0 radical (unpaired) electrons. The molecule has 0 aliphatic rings. The van der Waals surface area contributed by atoms with Crippen LogP contribution in [0.4, 0.5) is 5.82 Å². The van der Waals surface area contributed by atoms with Crippen molar-refractivity contribution in [2.24, 2.45) is 0 Å². The van der Waals surface area contributed by atoms with Crippen molar-refractivity contribution in [2.45, 2.75) is 19.9 Å². The topological polar surface area (TPSA) is 33.4 Å². The van der Waals surface area contributed by atoms with Gasteiger partial charge >= 0.3 is 0 Å². The van der Waals surface area contributed by atoms with Gasteiger partial charge in [-0.3, -0.25) is 0 Å². The Bertz CT molecular complexity index is 466. The number of halogens is 1. The maximum absolute atomic E-state index is 4.46. The smallest absolute Gasteiger partial charge is 0.154 e. The molecule has 16 heavy (non-hydrogen) atoms. The quantitative estimate of drug-likeness (QED) is 0.808. The second-order valence-corrected chi connectivity index (χ2v) is 4.68. The maximum Gasteiger partial charge on any atom is 0.154 e. The van der Waals surface area contributed by atoms with Gasteiger partial charge in [-0.25, -0.2) is 9.50 Å². The largest absolute Gasteiger partial charge is 0.352 e. The molecule has 2 rings (SSSR count). The van der Waals surface area contributed by atoms with E-state index in [0.29, 0.717) is 6.04 Å². The molecule has 0 aromatic carbocycles. The van der Waals surface area contributed by atoms with E-state index in [0.717, 1.165) is 23.2 Å². The highest BCUT2D eigenvalue weighted by Crippen LogP contribution is 2.20. The standard InChI is InChI=1S/C11H15BrN4/c1-9(2)15(7-4-12)11-10-3-5-14-16(10)8-6-13-11/h3,5-6,8-9H,4,7H2,1-2H3. The van der Waals surface area contributed by atoms with Gasteiger partial charge in [-0.1, -0.05) is 15.9 Å². The Hall–Kier alpha value is -1.10. The van der Waals surface area contributed by atoms with Crippen molar-refractivity contribution in [3.63, 3.8) is 0 Å². The number of fused-ring (bicyclic) bond motifs is 1. The van der Waals surface area contributed by atoms with Crippen LogP contribution in [0.2, 0.25) is 0 Å². The van der Waals surface area contributed by atoms with Crippen LogP contribution in [0.25, 0.3) is 5.52 Å². The zero-order valence-electron chi connectivity index (χ0n) is 9.47. The molecule has 0 amide bonds. The third kappa shape index (κ3) is 2.04. The lowest BCUT2D eigenvalue weighted by atomic mass is 10.3. The first-order valence-electron chi connectivity index (χ1n) is 5.35. The van der Waals surface area contributed by atoms with E-state index in [1.165, 1.54) is 0 Å². The molecule has 0 atom stereocenters. The van der Waals surface area contributed by atoms with E-state index in [4.69, 9.17) is 0 Å². The first-order valence-corrected chi connectivity index (χ1v) is 6.47. The second-order valence-electron chi connectivity index (χ2n) is 3.89. The minimum atomic E-state index is 0.422. The number of hydrogen-bond acceptors (Lipinski definition) is 3. The van der Waals surface area contributed by atoms with E-state index < -0.39 is 0 Å². The summed E-state index contributed by atoms with van der Waals surface area (Å²) < 4.78 is 1.85. The van der Waals surface area contributed by atoms with Crippen LogP contribution in [0.15, 0.2) is 24.7 Å². The lowest BCUT2D eigenvalue weighted by Gasteiger charge is -2.27. The van der Waals surface area contributed by atoms with Gasteiger partial charge < -0.3 is 4.90 Å². The monoisotopic (exact) mass is 282 g/mol. The summed E-state index contributed by atoms with van der Waals surface area (Å²) in [4.78, 5) is 6.73. The number of nitrogens with zero attached hydrogens (tertiary/aromatic N) is 4. The molecule has 86 valence electrons. The van der Waals surface area contributed by atoms with Gasteiger partial charge in [0.15, 0.2) is 5.82 Å². The number of anilines is 1. The average Bonchev–Trinajstić information content (AvgIpc) is 2.73. The van der Waals surface area contributed by atoms with Gasteiger partial charge in [-0.2, -0.15) is 5.10 Å². The summed E-state index contributed by atoms with van der Waals surface area (Å²) in [5.74, 6) is 0.995. The Morgan fingerprint density at radius 2 is 2.25 bits per heavy atom. The molecular weight excluding hydrogens is 268 g/mol. The number of rotatable bonds is 4. The zero-order valence-corrected chi connectivity index (χ0v) is 11.1. The normalized spacial score (nSPS) is 11.2. The van der Waals surface area contributed by atoms with Crippen LogP contribution in [0.3, 0.4) is 0 Å². The number of alkyl halides is 1. The third-order valence-corrected chi connectivity index (χ3v) is 2.88. The third-order valence-electron chi connectivity index (χ3n) is 2.52. The molecule has 2 heterocycles. The van der Waals surface area contributed by atoms with Crippen LogP contribution in [-0.4, -0.2) is 32.5 Å². The molecule has 0 spiro atoms. The van der Waals surface area contributed by atoms with Gasteiger partial charge in [-0.15, -0.1) is 0 Å². The van der Waals surface area contributed by atoms with Gasteiger partial charge in [0.1, 0.15) is 5.52 Å². The SMILES string of the molecule is CC(C)N(CCBr)c1nccn2nccc12. The Labute approximate surface area is 103 Å². The second kappa shape index (κ2) is 4.82. The average molecular weight is 283 g/mol. The molecule has 0 N–H and O–H groups in total. The fourth-order valence-corrected chi connectivity index (χ4v) is 2.15. The first kappa shape index (κ1) is 11.4. The highest BCUT2D eigenvalue weighted by Gasteiger charge is 2.14. The lowest BCUT2D eigenvalue weighted by molar-refractivity contribution is 0.697. The molecule has 2 aromatic heterocycles. The molecule has 2 aromatic rings. The van der Waals surface area contributed by atoms with Crippen molar-refractivity contribution < 1.29 is 0 Å². The summed E-state index contributed by atoms with van der Waals surface area (Å²) in [6, 6.07) is 2.41. The van der Waals surface area contributed by atoms with E-state index in [1.807, 2.05) is 16.8 Å². The van der Waals surface area contributed by atoms with Crippen LogP contribution in [0, 0.1) is 0 Å². The van der Waals surface area contributed by atoms with Crippen molar-refractivity contribution in [3.8, 4) is 0 Å². The molecule has 5 heteroatoms. The highest BCUT2D eigenvalue weighted by molar-refractivity contribution is 9.09. The van der Waals surface area contributed by atoms with E-state index >= 15 is 0 Å². The van der Waals surface area contributed by atoms with Crippen molar-refractivity contribution in [1.29, 1.82) is 0 Å². The highest BCUT2D eigenvalue weighted by atomic mass is 79.9. The van der Waals surface area contributed by atoms with Crippen molar-refractivity contribution >= 4 is 27.3 Å². The van der Waals surface area contributed by atoms with E-state index in [-0.39, 0.29) is 0 Å². The Morgan fingerprint density at radius 3 is 2.94 bits per heavy atom. The van der Waals surface area contributed by atoms with Gasteiger partial charge in [0.05, 0.1) is 6.20 Å². The molecule has 0 aliphatic heterocycles. The van der Waals surface area contributed by atoms with Gasteiger partial charge in [0.25, 0.3) is 0 Å². The van der Waals surface area contributed by atoms with Crippen molar-refractivity contribution in [2.75, 3.05) is 16.8 Å². The molecule has 0 fully saturated rings. The minimum absolute atomic E-state index is 0.422. The molecule has 0 saturated carbocycles. The van der Waals surface area contributed by atoms with E-state index in [9.17, 15) is 0 Å². The van der Waals surface area contributed by atoms with E-state index in [1.54, 1.807) is 12.4 Å². The van der Waals surface area contributed by atoms with Crippen LogP contribution >= 0.6 is 15.9 Å². The fourth-order valence-electron chi connectivity index (χ4n) is 1.76. The van der Waals surface area contributed by atoms with Crippen LogP contribution in [-0.2, 0) is 0 Å². The lowest BCUT2D eigenvalue weighted by Crippen LogP contribution is -2.33. The Morgan fingerprint density at radius 1 is 1.44 bits per heavy atom. The molecule has 0 bridgehead atoms. The number of hydrogen-bond donors (Lipinski definition) is 0. The maximum atomic E-state index is 4.46. The van der Waals surface area contributed by atoms with Crippen LogP contribution in [0.1, 0.15) is 13.8 Å².